The minimum absolute atomic E-state index is 0.00423. The summed E-state index contributed by atoms with van der Waals surface area (Å²) in [5.41, 5.74) is 3.08. The van der Waals surface area contributed by atoms with E-state index in [0.29, 0.717) is 11.3 Å². The van der Waals surface area contributed by atoms with Crippen LogP contribution >= 0.6 is 0 Å². The minimum atomic E-state index is -1.07. The highest BCUT2D eigenvalue weighted by Crippen LogP contribution is 2.38. The van der Waals surface area contributed by atoms with Gasteiger partial charge >= 0.3 is 5.97 Å². The number of halogens is 1. The molecule has 2 saturated heterocycles. The maximum Gasteiger partial charge on any atom is 0.354 e. The lowest BCUT2D eigenvalue weighted by molar-refractivity contribution is 0.0594. The van der Waals surface area contributed by atoms with Crippen LogP contribution < -0.4 is 4.90 Å². The number of carboxylic acid groups (broad SMARTS) is 1. The predicted molar refractivity (Wildman–Crippen MR) is 135 cm³/mol. The summed E-state index contributed by atoms with van der Waals surface area (Å²) in [6.07, 6.45) is 5.92. The fourth-order valence-electron chi connectivity index (χ4n) is 5.63. The zero-order chi connectivity index (χ0) is 24.7. The number of likely N-dealkylation sites (tertiary alicyclic amines) is 1. The number of hydrogen-bond acceptors (Lipinski definition) is 5. The Morgan fingerprint density at radius 3 is 2.31 bits per heavy atom. The van der Waals surface area contributed by atoms with Gasteiger partial charge in [-0.15, -0.1) is 0 Å². The summed E-state index contributed by atoms with van der Waals surface area (Å²) in [5, 5.41) is 15.6. The van der Waals surface area contributed by atoms with Crippen molar-refractivity contribution in [3.05, 3.63) is 47.5 Å². The third kappa shape index (κ3) is 4.40. The molecule has 0 atom stereocenters. The number of aromatic nitrogens is 3. The Morgan fingerprint density at radius 2 is 1.71 bits per heavy atom. The van der Waals surface area contributed by atoms with Crippen LogP contribution in [-0.2, 0) is 0 Å². The molecule has 35 heavy (non-hydrogen) atoms. The fourth-order valence-corrected chi connectivity index (χ4v) is 5.63. The first-order chi connectivity index (χ1) is 16.8. The molecular weight excluding hydrogens is 445 g/mol. The molecule has 4 heterocycles. The van der Waals surface area contributed by atoms with Crippen LogP contribution in [0.25, 0.3) is 16.7 Å². The van der Waals surface area contributed by atoms with Crippen molar-refractivity contribution in [2.24, 2.45) is 0 Å². The van der Waals surface area contributed by atoms with E-state index in [0.717, 1.165) is 42.7 Å². The van der Waals surface area contributed by atoms with Crippen molar-refractivity contribution in [3.63, 3.8) is 0 Å². The van der Waals surface area contributed by atoms with Gasteiger partial charge in [0.15, 0.2) is 11.3 Å². The van der Waals surface area contributed by atoms with E-state index in [-0.39, 0.29) is 23.0 Å². The Morgan fingerprint density at radius 1 is 1.06 bits per heavy atom. The van der Waals surface area contributed by atoms with Crippen LogP contribution in [0.2, 0.25) is 0 Å². The number of piperidine rings is 2. The first-order valence-corrected chi connectivity index (χ1v) is 12.7. The van der Waals surface area contributed by atoms with Gasteiger partial charge in [0.25, 0.3) is 0 Å². The molecule has 2 aromatic heterocycles. The number of fused-ring (bicyclic) bond motifs is 1. The molecule has 0 bridgehead atoms. The van der Waals surface area contributed by atoms with E-state index in [9.17, 15) is 14.3 Å². The molecular formula is C27H34FN5O2. The van der Waals surface area contributed by atoms with Crippen LogP contribution in [0.15, 0.2) is 30.3 Å². The van der Waals surface area contributed by atoms with Crippen molar-refractivity contribution < 1.29 is 14.3 Å². The molecule has 0 unspecified atom stereocenters. The largest absolute Gasteiger partial charge is 0.477 e. The van der Waals surface area contributed by atoms with Crippen molar-refractivity contribution in [2.75, 3.05) is 31.1 Å². The molecule has 2 aliphatic heterocycles. The number of aromatic carboxylic acids is 1. The van der Waals surface area contributed by atoms with Gasteiger partial charge in [0, 0.05) is 18.6 Å². The van der Waals surface area contributed by atoms with E-state index in [2.05, 4.69) is 35.6 Å². The fraction of sp³-hybridized carbons (Fsp3) is 0.519. The Bertz CT molecular complexity index is 1220. The van der Waals surface area contributed by atoms with Crippen molar-refractivity contribution >= 4 is 22.7 Å². The molecule has 2 fully saturated rings. The lowest BCUT2D eigenvalue weighted by Gasteiger charge is -2.49. The van der Waals surface area contributed by atoms with Gasteiger partial charge in [0.1, 0.15) is 5.82 Å². The van der Waals surface area contributed by atoms with E-state index < -0.39 is 5.97 Å². The summed E-state index contributed by atoms with van der Waals surface area (Å²) in [4.78, 5) is 21.5. The van der Waals surface area contributed by atoms with Crippen LogP contribution in [0, 0.1) is 5.82 Å². The SMILES string of the molecule is CC(C)c1nn(-c2ccc(F)cc2)c2nc(C(=O)O)cc(N3CCC(C)(N4CCCCC4)CC3)c12. The number of rotatable bonds is 5. The van der Waals surface area contributed by atoms with Gasteiger partial charge in [-0.25, -0.2) is 18.9 Å². The molecule has 0 spiro atoms. The molecule has 0 radical (unpaired) electrons. The zero-order valence-electron chi connectivity index (χ0n) is 20.8. The van der Waals surface area contributed by atoms with Crippen LogP contribution in [0.3, 0.4) is 0 Å². The van der Waals surface area contributed by atoms with Gasteiger partial charge in [-0.1, -0.05) is 20.3 Å². The molecule has 0 amide bonds. The number of anilines is 1. The second-order valence-corrected chi connectivity index (χ2v) is 10.5. The quantitative estimate of drug-likeness (QED) is 0.540. The summed E-state index contributed by atoms with van der Waals surface area (Å²) >= 11 is 0. The van der Waals surface area contributed by atoms with E-state index in [4.69, 9.17) is 5.10 Å². The highest BCUT2D eigenvalue weighted by molar-refractivity contribution is 5.98. The van der Waals surface area contributed by atoms with E-state index in [1.54, 1.807) is 22.9 Å². The molecule has 0 saturated carbocycles. The van der Waals surface area contributed by atoms with E-state index in [1.807, 2.05) is 0 Å². The van der Waals surface area contributed by atoms with Gasteiger partial charge in [-0.3, -0.25) is 4.90 Å². The Hall–Kier alpha value is -3.00. The first-order valence-electron chi connectivity index (χ1n) is 12.7. The maximum absolute atomic E-state index is 13.6. The molecule has 8 heteroatoms. The maximum atomic E-state index is 13.6. The molecule has 3 aromatic rings. The summed E-state index contributed by atoms with van der Waals surface area (Å²) in [6.45, 7) is 10.6. The number of carboxylic acids is 1. The molecule has 1 aromatic carbocycles. The van der Waals surface area contributed by atoms with Crippen LogP contribution in [0.1, 0.15) is 75.0 Å². The predicted octanol–water partition coefficient (Wildman–Crippen LogP) is 5.23. The van der Waals surface area contributed by atoms with Gasteiger partial charge < -0.3 is 10.0 Å². The van der Waals surface area contributed by atoms with Crippen molar-refractivity contribution in [1.82, 2.24) is 19.7 Å². The second kappa shape index (κ2) is 9.22. The zero-order valence-corrected chi connectivity index (χ0v) is 20.8. The van der Waals surface area contributed by atoms with Crippen molar-refractivity contribution in [2.45, 2.75) is 64.3 Å². The normalized spacial score (nSPS) is 18.9. The van der Waals surface area contributed by atoms with Gasteiger partial charge in [0.2, 0.25) is 0 Å². The molecule has 1 N–H and O–H groups in total. The average Bonchev–Trinajstić information content (AvgIpc) is 3.25. The van der Waals surface area contributed by atoms with Gasteiger partial charge in [-0.2, -0.15) is 5.10 Å². The Kier molecular flexibility index (Phi) is 6.25. The van der Waals surface area contributed by atoms with Crippen LogP contribution in [-0.4, -0.2) is 62.5 Å². The highest BCUT2D eigenvalue weighted by Gasteiger charge is 2.37. The van der Waals surface area contributed by atoms with Crippen molar-refractivity contribution in [1.29, 1.82) is 0 Å². The molecule has 7 nitrogen and oxygen atoms in total. The lowest BCUT2D eigenvalue weighted by Crippen LogP contribution is -2.55. The number of pyridine rings is 1. The minimum Gasteiger partial charge on any atom is -0.477 e. The third-order valence-electron chi connectivity index (χ3n) is 7.78. The van der Waals surface area contributed by atoms with Gasteiger partial charge in [0.05, 0.1) is 22.5 Å². The third-order valence-corrected chi connectivity index (χ3v) is 7.78. The summed E-state index contributed by atoms with van der Waals surface area (Å²) in [5.74, 6) is -1.29. The topological polar surface area (TPSA) is 74.5 Å². The van der Waals surface area contributed by atoms with Crippen LogP contribution in [0.4, 0.5) is 10.1 Å². The Labute approximate surface area is 205 Å². The number of carbonyl (C=O) groups is 1. The van der Waals surface area contributed by atoms with Crippen molar-refractivity contribution in [3.8, 4) is 5.69 Å². The number of hydrogen-bond donors (Lipinski definition) is 1. The molecule has 5 rings (SSSR count). The lowest BCUT2D eigenvalue weighted by atomic mass is 9.85. The van der Waals surface area contributed by atoms with E-state index >= 15 is 0 Å². The molecule has 2 aliphatic rings. The first kappa shape index (κ1) is 23.7. The standard InChI is InChI=1S/C27H34FN5O2/c1-18(2)24-23-22(31-15-11-27(3,12-16-31)32-13-5-4-6-14-32)17-21(26(34)35)29-25(23)33(30-24)20-9-7-19(28)8-10-20/h7-10,17-18H,4-6,11-16H2,1-3H3,(H,34,35). The van der Waals surface area contributed by atoms with Crippen LogP contribution in [0.5, 0.6) is 0 Å². The second-order valence-electron chi connectivity index (χ2n) is 10.5. The van der Waals surface area contributed by atoms with Gasteiger partial charge in [-0.05, 0) is 81.9 Å². The monoisotopic (exact) mass is 479 g/mol. The summed E-state index contributed by atoms with van der Waals surface area (Å²) < 4.78 is 15.2. The summed E-state index contributed by atoms with van der Waals surface area (Å²) in [6, 6.07) is 7.76. The average molecular weight is 480 g/mol. The Balaban J connectivity index is 1.58. The summed E-state index contributed by atoms with van der Waals surface area (Å²) in [7, 11) is 0. The molecule has 0 aliphatic carbocycles. The molecule has 186 valence electrons. The number of nitrogens with zero attached hydrogens (tertiary/aromatic N) is 5. The smallest absolute Gasteiger partial charge is 0.354 e. The highest BCUT2D eigenvalue weighted by atomic mass is 19.1. The van der Waals surface area contributed by atoms with E-state index in [1.165, 1.54) is 44.5 Å². The number of benzene rings is 1.